The Morgan fingerprint density at radius 1 is 1.17 bits per heavy atom. The van der Waals surface area contributed by atoms with E-state index in [0.29, 0.717) is 23.4 Å². The minimum absolute atomic E-state index is 0.0910. The van der Waals surface area contributed by atoms with Crippen molar-refractivity contribution in [2.24, 2.45) is 4.99 Å². The maximum Gasteiger partial charge on any atom is 0.261 e. The number of fused-ring (bicyclic) bond motifs is 1. The van der Waals surface area contributed by atoms with Crippen LogP contribution in [-0.4, -0.2) is 27.3 Å². The molecule has 4 rings (SSSR count). The summed E-state index contributed by atoms with van der Waals surface area (Å²) in [4.78, 5) is 29.5. The number of benzene rings is 2. The molecule has 142 valence electrons. The number of carbonyl (C=O) groups excluding carboxylic acids is 2. The van der Waals surface area contributed by atoms with Crippen LogP contribution in [0.5, 0.6) is 0 Å². The molecule has 8 heteroatoms. The Morgan fingerprint density at radius 3 is 2.59 bits per heavy atom. The topological polar surface area (TPSA) is 100 Å². The zero-order valence-electron chi connectivity index (χ0n) is 15.1. The van der Waals surface area contributed by atoms with Gasteiger partial charge in [0.2, 0.25) is 0 Å². The van der Waals surface area contributed by atoms with Crippen LogP contribution in [0.1, 0.15) is 32.7 Å². The molecule has 0 fully saturated rings. The number of hydrogen-bond acceptors (Lipinski definition) is 5. The van der Waals surface area contributed by atoms with E-state index in [1.807, 2.05) is 0 Å². The molecule has 2 aromatic carbocycles. The van der Waals surface area contributed by atoms with Crippen LogP contribution < -0.4 is 5.32 Å². The third kappa shape index (κ3) is 3.80. The van der Waals surface area contributed by atoms with Crippen LogP contribution in [0.4, 0.5) is 15.9 Å². The lowest BCUT2D eigenvalue weighted by Crippen LogP contribution is -2.23. The van der Waals surface area contributed by atoms with Gasteiger partial charge < -0.3 is 5.32 Å². The van der Waals surface area contributed by atoms with E-state index in [4.69, 9.17) is 5.26 Å². The first kappa shape index (κ1) is 18.3. The summed E-state index contributed by atoms with van der Waals surface area (Å²) in [7, 11) is 0. The van der Waals surface area contributed by atoms with Crippen LogP contribution in [0, 0.1) is 17.1 Å². The number of anilines is 1. The van der Waals surface area contributed by atoms with Crippen LogP contribution >= 0.6 is 0 Å². The first-order chi connectivity index (χ1) is 14.0. The molecule has 2 heterocycles. The van der Waals surface area contributed by atoms with Crippen LogP contribution in [0.15, 0.2) is 59.7 Å². The predicted octanol–water partition coefficient (Wildman–Crippen LogP) is 3.51. The van der Waals surface area contributed by atoms with E-state index in [9.17, 15) is 14.0 Å². The summed E-state index contributed by atoms with van der Waals surface area (Å²) < 4.78 is 14.1. The summed E-state index contributed by atoms with van der Waals surface area (Å²) in [6.07, 6.45) is 1.80. The van der Waals surface area contributed by atoms with E-state index in [2.05, 4.69) is 21.5 Å². The van der Waals surface area contributed by atoms with Gasteiger partial charge in [-0.2, -0.15) is 15.0 Å². The molecule has 0 unspecified atom stereocenters. The molecule has 0 aliphatic carbocycles. The SMILES string of the molecule is N#Cc1ccc(CC2=Nc3c(C(=O)Nc4ccc(F)cc4)cnn3C(=O)C2)cc1. The van der Waals surface area contributed by atoms with E-state index in [-0.39, 0.29) is 23.7 Å². The molecule has 0 saturated carbocycles. The standard InChI is InChI=1S/C21H14FN5O2/c22-15-5-7-16(8-6-15)26-21(29)18-12-24-27-19(28)10-17(25-20(18)27)9-13-1-3-14(11-23)4-2-13/h1-8,12H,9-10H2,(H,26,29). The Morgan fingerprint density at radius 2 is 1.90 bits per heavy atom. The number of hydrogen-bond donors (Lipinski definition) is 1. The van der Waals surface area contributed by atoms with Gasteiger partial charge in [0.1, 0.15) is 11.4 Å². The molecule has 0 radical (unpaired) electrons. The summed E-state index contributed by atoms with van der Waals surface area (Å²) in [6.45, 7) is 0. The Hall–Kier alpha value is -4.12. The Kier molecular flexibility index (Phi) is 4.71. The highest BCUT2D eigenvalue weighted by Crippen LogP contribution is 2.26. The van der Waals surface area contributed by atoms with Crippen molar-refractivity contribution in [2.75, 3.05) is 5.32 Å². The predicted molar refractivity (Wildman–Crippen MR) is 104 cm³/mol. The number of nitrogens with zero attached hydrogens (tertiary/aromatic N) is 4. The molecule has 3 aromatic rings. The lowest BCUT2D eigenvalue weighted by molar-refractivity contribution is 0.0906. The van der Waals surface area contributed by atoms with Crippen molar-refractivity contribution < 1.29 is 14.0 Å². The van der Waals surface area contributed by atoms with Crippen molar-refractivity contribution in [1.29, 1.82) is 5.26 Å². The van der Waals surface area contributed by atoms with Crippen molar-refractivity contribution in [2.45, 2.75) is 12.8 Å². The monoisotopic (exact) mass is 387 g/mol. The molecule has 7 nitrogen and oxygen atoms in total. The molecule has 0 bridgehead atoms. The van der Waals surface area contributed by atoms with Crippen molar-refractivity contribution >= 4 is 29.0 Å². The second-order valence-electron chi connectivity index (χ2n) is 6.49. The third-order valence-electron chi connectivity index (χ3n) is 4.44. The van der Waals surface area contributed by atoms with E-state index < -0.39 is 11.7 Å². The number of amides is 1. The van der Waals surface area contributed by atoms with Crippen LogP contribution in [0.25, 0.3) is 0 Å². The van der Waals surface area contributed by atoms with Crippen LogP contribution in [-0.2, 0) is 6.42 Å². The second kappa shape index (κ2) is 7.48. The minimum Gasteiger partial charge on any atom is -0.322 e. The molecule has 29 heavy (non-hydrogen) atoms. The van der Waals surface area contributed by atoms with Crippen molar-refractivity contribution in [3.05, 3.63) is 77.2 Å². The summed E-state index contributed by atoms with van der Waals surface area (Å²) >= 11 is 0. The summed E-state index contributed by atoms with van der Waals surface area (Å²) in [5.74, 6) is -1.01. The second-order valence-corrected chi connectivity index (χ2v) is 6.49. The molecule has 0 atom stereocenters. The maximum atomic E-state index is 13.0. The van der Waals surface area contributed by atoms with Gasteiger partial charge in [-0.05, 0) is 42.0 Å². The molecular weight excluding hydrogens is 373 g/mol. The number of halogens is 1. The van der Waals surface area contributed by atoms with Gasteiger partial charge in [-0.1, -0.05) is 12.1 Å². The normalized spacial score (nSPS) is 12.7. The fraction of sp³-hybridized carbons (Fsp3) is 0.0952. The molecule has 0 saturated heterocycles. The first-order valence-corrected chi connectivity index (χ1v) is 8.77. The molecule has 0 spiro atoms. The Balaban J connectivity index is 1.59. The number of carbonyl (C=O) groups is 2. The molecule has 1 N–H and O–H groups in total. The summed E-state index contributed by atoms with van der Waals surface area (Å²) in [6, 6.07) is 14.4. The Bertz CT molecular complexity index is 1170. The van der Waals surface area contributed by atoms with Gasteiger partial charge in [0.25, 0.3) is 11.8 Å². The number of aromatic nitrogens is 2. The van der Waals surface area contributed by atoms with E-state index in [0.717, 1.165) is 10.2 Å². The minimum atomic E-state index is -0.492. The fourth-order valence-corrected chi connectivity index (χ4v) is 3.00. The van der Waals surface area contributed by atoms with Gasteiger partial charge in [-0.15, -0.1) is 0 Å². The van der Waals surface area contributed by atoms with Crippen molar-refractivity contribution in [3.63, 3.8) is 0 Å². The van der Waals surface area contributed by atoms with Gasteiger partial charge in [0, 0.05) is 17.8 Å². The van der Waals surface area contributed by atoms with Gasteiger partial charge in [-0.25, -0.2) is 9.38 Å². The third-order valence-corrected chi connectivity index (χ3v) is 4.44. The average Bonchev–Trinajstić information content (AvgIpc) is 3.15. The van der Waals surface area contributed by atoms with Gasteiger partial charge >= 0.3 is 0 Å². The zero-order chi connectivity index (χ0) is 20.4. The quantitative estimate of drug-likeness (QED) is 0.740. The van der Waals surface area contributed by atoms with Crippen molar-refractivity contribution in [1.82, 2.24) is 9.78 Å². The zero-order valence-corrected chi connectivity index (χ0v) is 15.1. The number of nitriles is 1. The molecule has 1 aliphatic rings. The smallest absolute Gasteiger partial charge is 0.261 e. The highest BCUT2D eigenvalue weighted by molar-refractivity contribution is 6.12. The highest BCUT2D eigenvalue weighted by Gasteiger charge is 2.26. The van der Waals surface area contributed by atoms with Gasteiger partial charge in [0.05, 0.1) is 24.3 Å². The molecular formula is C21H14FN5O2. The van der Waals surface area contributed by atoms with Crippen LogP contribution in [0.2, 0.25) is 0 Å². The first-order valence-electron chi connectivity index (χ1n) is 8.77. The van der Waals surface area contributed by atoms with Gasteiger partial charge in [-0.3, -0.25) is 9.59 Å². The van der Waals surface area contributed by atoms with E-state index in [1.165, 1.54) is 30.5 Å². The highest BCUT2D eigenvalue weighted by atomic mass is 19.1. The summed E-state index contributed by atoms with van der Waals surface area (Å²) in [5.41, 5.74) is 2.62. The number of nitrogens with one attached hydrogen (secondary N) is 1. The molecule has 1 aliphatic heterocycles. The van der Waals surface area contributed by atoms with E-state index >= 15 is 0 Å². The fourth-order valence-electron chi connectivity index (χ4n) is 3.00. The molecule has 1 amide bonds. The van der Waals surface area contributed by atoms with Crippen LogP contribution in [0.3, 0.4) is 0 Å². The largest absolute Gasteiger partial charge is 0.322 e. The Labute approximate surface area is 165 Å². The van der Waals surface area contributed by atoms with Crippen molar-refractivity contribution in [3.8, 4) is 6.07 Å². The summed E-state index contributed by atoms with van der Waals surface area (Å²) in [5, 5.41) is 15.5. The average molecular weight is 387 g/mol. The van der Waals surface area contributed by atoms with Gasteiger partial charge in [0.15, 0.2) is 5.82 Å². The lowest BCUT2D eigenvalue weighted by Gasteiger charge is -2.14. The molecule has 1 aromatic heterocycles. The number of rotatable bonds is 4. The maximum absolute atomic E-state index is 13.0. The lowest BCUT2D eigenvalue weighted by atomic mass is 10.0. The van der Waals surface area contributed by atoms with E-state index in [1.54, 1.807) is 24.3 Å². The number of aliphatic imine (C=N–C) groups is 1.